The van der Waals surface area contributed by atoms with E-state index >= 15 is 0 Å². The van der Waals surface area contributed by atoms with Crippen LogP contribution < -0.4 is 0 Å². The molecule has 0 amide bonds. The molecule has 1 aromatic rings. The molecule has 0 bridgehead atoms. The highest BCUT2D eigenvalue weighted by atomic mass is 127. The Morgan fingerprint density at radius 2 is 2.21 bits per heavy atom. The highest BCUT2D eigenvalue weighted by Crippen LogP contribution is 2.28. The van der Waals surface area contributed by atoms with E-state index < -0.39 is 12.4 Å². The van der Waals surface area contributed by atoms with E-state index in [9.17, 15) is 13.6 Å². The van der Waals surface area contributed by atoms with E-state index in [2.05, 4.69) is 4.98 Å². The van der Waals surface area contributed by atoms with Gasteiger partial charge in [0.05, 0.1) is 11.1 Å². The molecule has 0 unspecified atom stereocenters. The van der Waals surface area contributed by atoms with Crippen LogP contribution in [0.25, 0.3) is 0 Å². The number of pyridine rings is 1. The molecule has 0 aliphatic rings. The number of rotatable bonds is 2. The maximum Gasteiger partial charge on any atom is 0.337 e. The number of halogens is 3. The first-order valence-electron chi connectivity index (χ1n) is 3.61. The first kappa shape index (κ1) is 11.3. The highest BCUT2D eigenvalue weighted by molar-refractivity contribution is 14.1. The van der Waals surface area contributed by atoms with E-state index in [0.29, 0.717) is 0 Å². The molecule has 14 heavy (non-hydrogen) atoms. The van der Waals surface area contributed by atoms with Crippen LogP contribution in [0.15, 0.2) is 6.20 Å². The van der Waals surface area contributed by atoms with Crippen molar-refractivity contribution in [1.82, 2.24) is 4.98 Å². The summed E-state index contributed by atoms with van der Waals surface area (Å²) in [6.07, 6.45) is -1.61. The number of aromatic nitrogens is 1. The zero-order valence-corrected chi connectivity index (χ0v) is 9.25. The Balaban J connectivity index is 3.41. The molecule has 0 atom stereocenters. The summed E-state index contributed by atoms with van der Waals surface area (Å²) < 4.78 is 25.1. The van der Waals surface area contributed by atoms with E-state index in [1.807, 2.05) is 0 Å². The molecular formula is C8H6F2INO2. The summed E-state index contributed by atoms with van der Waals surface area (Å²) in [5.74, 6) is -1.24. The fourth-order valence-corrected chi connectivity index (χ4v) is 1.84. The second-order valence-corrected chi connectivity index (χ2v) is 3.63. The van der Waals surface area contributed by atoms with Gasteiger partial charge in [-0.2, -0.15) is 0 Å². The average molecular weight is 313 g/mol. The minimum absolute atomic E-state index is 0.0758. The fraction of sp³-hybridized carbons (Fsp3) is 0.250. The molecule has 0 radical (unpaired) electrons. The number of nitrogens with zero attached hydrogens (tertiary/aromatic N) is 1. The van der Waals surface area contributed by atoms with Crippen LogP contribution >= 0.6 is 22.6 Å². The third kappa shape index (κ3) is 1.99. The normalized spacial score (nSPS) is 10.6. The van der Waals surface area contributed by atoms with Crippen molar-refractivity contribution in [3.8, 4) is 0 Å². The molecular weight excluding hydrogens is 307 g/mol. The fourth-order valence-electron chi connectivity index (χ4n) is 1.06. The zero-order valence-electron chi connectivity index (χ0n) is 7.09. The summed E-state index contributed by atoms with van der Waals surface area (Å²) in [6, 6.07) is 0. The van der Waals surface area contributed by atoms with Gasteiger partial charge in [-0.1, -0.05) is 0 Å². The summed E-state index contributed by atoms with van der Waals surface area (Å²) in [5.41, 5.74) is -0.405. The highest BCUT2D eigenvalue weighted by Gasteiger charge is 2.20. The van der Waals surface area contributed by atoms with Gasteiger partial charge in [-0.15, -0.1) is 0 Å². The van der Waals surface area contributed by atoms with E-state index in [0.717, 1.165) is 6.20 Å². The van der Waals surface area contributed by atoms with Crippen LogP contribution in [0.1, 0.15) is 27.9 Å². The van der Waals surface area contributed by atoms with E-state index in [-0.39, 0.29) is 20.4 Å². The molecule has 0 saturated carbocycles. The van der Waals surface area contributed by atoms with Crippen molar-refractivity contribution in [3.63, 3.8) is 0 Å². The SMILES string of the molecule is Cc1c(C(=O)O)cnc(I)c1C(F)F. The number of carboxylic acids is 1. The molecule has 0 fully saturated rings. The third-order valence-electron chi connectivity index (χ3n) is 1.79. The van der Waals surface area contributed by atoms with Gasteiger partial charge in [-0.05, 0) is 35.1 Å². The van der Waals surface area contributed by atoms with Gasteiger partial charge in [0.15, 0.2) is 0 Å². The Morgan fingerprint density at radius 1 is 1.64 bits per heavy atom. The van der Waals surface area contributed by atoms with Crippen molar-refractivity contribution in [2.45, 2.75) is 13.3 Å². The lowest BCUT2D eigenvalue weighted by Gasteiger charge is -2.08. The lowest BCUT2D eigenvalue weighted by atomic mass is 10.1. The minimum atomic E-state index is -2.70. The number of hydrogen-bond donors (Lipinski definition) is 1. The average Bonchev–Trinajstić information content (AvgIpc) is 2.02. The third-order valence-corrected chi connectivity index (χ3v) is 2.65. The quantitative estimate of drug-likeness (QED) is 0.674. The number of hydrogen-bond acceptors (Lipinski definition) is 2. The van der Waals surface area contributed by atoms with Crippen LogP contribution in [0, 0.1) is 10.6 Å². The monoisotopic (exact) mass is 313 g/mol. The Bertz CT molecular complexity index is 382. The summed E-state index contributed by atoms with van der Waals surface area (Å²) >= 11 is 1.66. The molecule has 0 aromatic carbocycles. The number of carbonyl (C=O) groups is 1. The Labute approximate surface area is 92.3 Å². The standard InChI is InChI=1S/C8H6F2INO2/c1-3-4(8(13)14)2-12-7(11)5(3)6(9)10/h2,6H,1H3,(H,13,14). The minimum Gasteiger partial charge on any atom is -0.478 e. The molecule has 6 heteroatoms. The Morgan fingerprint density at radius 3 is 2.64 bits per heavy atom. The van der Waals surface area contributed by atoms with E-state index in [4.69, 9.17) is 5.11 Å². The number of aromatic carboxylic acids is 1. The smallest absolute Gasteiger partial charge is 0.337 e. The molecule has 1 aromatic heterocycles. The lowest BCUT2D eigenvalue weighted by Crippen LogP contribution is -2.06. The van der Waals surface area contributed by atoms with Crippen LogP contribution in [0.4, 0.5) is 8.78 Å². The molecule has 0 aliphatic carbocycles. The number of carboxylic acid groups (broad SMARTS) is 1. The predicted molar refractivity (Wildman–Crippen MR) is 53.6 cm³/mol. The maximum atomic E-state index is 12.5. The van der Waals surface area contributed by atoms with Crippen molar-refractivity contribution in [1.29, 1.82) is 0 Å². The molecule has 0 spiro atoms. The molecule has 0 saturated heterocycles. The molecule has 3 nitrogen and oxygen atoms in total. The topological polar surface area (TPSA) is 50.2 Å². The largest absolute Gasteiger partial charge is 0.478 e. The Hall–Kier alpha value is -0.790. The van der Waals surface area contributed by atoms with Gasteiger partial charge in [-0.25, -0.2) is 18.6 Å². The van der Waals surface area contributed by atoms with Crippen molar-refractivity contribution >= 4 is 28.6 Å². The first-order valence-corrected chi connectivity index (χ1v) is 4.69. The van der Waals surface area contributed by atoms with Gasteiger partial charge in [-0.3, -0.25) is 0 Å². The maximum absolute atomic E-state index is 12.5. The van der Waals surface area contributed by atoms with Crippen LogP contribution in [-0.2, 0) is 0 Å². The van der Waals surface area contributed by atoms with Crippen LogP contribution in [0.3, 0.4) is 0 Å². The second-order valence-electron chi connectivity index (χ2n) is 2.61. The van der Waals surface area contributed by atoms with Crippen molar-refractivity contribution in [2.75, 3.05) is 0 Å². The van der Waals surface area contributed by atoms with Gasteiger partial charge in [0, 0.05) is 6.20 Å². The van der Waals surface area contributed by atoms with Crippen LogP contribution in [0.2, 0.25) is 0 Å². The summed E-state index contributed by atoms with van der Waals surface area (Å²) in [7, 11) is 0. The summed E-state index contributed by atoms with van der Waals surface area (Å²) in [6.45, 7) is 1.36. The molecule has 0 aliphatic heterocycles. The van der Waals surface area contributed by atoms with Gasteiger partial charge in [0.1, 0.15) is 3.70 Å². The van der Waals surface area contributed by atoms with Crippen LogP contribution in [-0.4, -0.2) is 16.1 Å². The van der Waals surface area contributed by atoms with Crippen molar-refractivity contribution in [3.05, 3.63) is 26.6 Å². The summed E-state index contributed by atoms with van der Waals surface area (Å²) in [5, 5.41) is 8.68. The van der Waals surface area contributed by atoms with Gasteiger partial charge >= 0.3 is 5.97 Å². The van der Waals surface area contributed by atoms with Gasteiger partial charge in [0.2, 0.25) is 0 Å². The molecule has 76 valence electrons. The summed E-state index contributed by atoms with van der Waals surface area (Å²) in [4.78, 5) is 14.2. The van der Waals surface area contributed by atoms with E-state index in [1.165, 1.54) is 6.92 Å². The zero-order chi connectivity index (χ0) is 10.9. The van der Waals surface area contributed by atoms with Crippen molar-refractivity contribution in [2.24, 2.45) is 0 Å². The van der Waals surface area contributed by atoms with Gasteiger partial charge in [0.25, 0.3) is 6.43 Å². The number of alkyl halides is 2. The predicted octanol–water partition coefficient (Wildman–Crippen LogP) is 2.63. The molecule has 1 N–H and O–H groups in total. The Kier molecular flexibility index (Phi) is 3.35. The van der Waals surface area contributed by atoms with Gasteiger partial charge < -0.3 is 5.11 Å². The first-order chi connectivity index (χ1) is 6.45. The lowest BCUT2D eigenvalue weighted by molar-refractivity contribution is 0.0695. The molecule has 1 heterocycles. The van der Waals surface area contributed by atoms with Crippen LogP contribution in [0.5, 0.6) is 0 Å². The van der Waals surface area contributed by atoms with E-state index in [1.54, 1.807) is 22.6 Å². The second kappa shape index (κ2) is 4.16. The molecule has 1 rings (SSSR count). The van der Waals surface area contributed by atoms with Crippen molar-refractivity contribution < 1.29 is 18.7 Å².